The number of ether oxygens (including phenoxy) is 1. The van der Waals surface area contributed by atoms with Gasteiger partial charge in [0.2, 0.25) is 0 Å². The first-order chi connectivity index (χ1) is 8.22. The van der Waals surface area contributed by atoms with Crippen LogP contribution in [0.3, 0.4) is 0 Å². The minimum absolute atomic E-state index is 0.219. The Bertz CT molecular complexity index is 393. The SMILES string of the molecule is COC(=O)C1CCCCN1c1cnc(N)cn1. The molecule has 0 amide bonds. The molecule has 0 radical (unpaired) electrons. The Hall–Kier alpha value is -1.85. The zero-order chi connectivity index (χ0) is 12.3. The molecule has 6 heteroatoms. The number of nitrogens with two attached hydrogens (primary N) is 1. The summed E-state index contributed by atoms with van der Waals surface area (Å²) in [5.41, 5.74) is 5.49. The van der Waals surface area contributed by atoms with Crippen LogP contribution in [-0.4, -0.2) is 35.6 Å². The van der Waals surface area contributed by atoms with E-state index in [1.165, 1.54) is 13.3 Å². The molecule has 0 aromatic carbocycles. The first-order valence-electron chi connectivity index (χ1n) is 5.64. The largest absolute Gasteiger partial charge is 0.467 e. The summed E-state index contributed by atoms with van der Waals surface area (Å²) in [4.78, 5) is 21.8. The van der Waals surface area contributed by atoms with Crippen LogP contribution in [0, 0.1) is 0 Å². The summed E-state index contributed by atoms with van der Waals surface area (Å²) in [5.74, 6) is 0.831. The number of methoxy groups -OCH3 is 1. The van der Waals surface area contributed by atoms with Crippen molar-refractivity contribution < 1.29 is 9.53 Å². The van der Waals surface area contributed by atoms with Crippen molar-refractivity contribution in [3.63, 3.8) is 0 Å². The summed E-state index contributed by atoms with van der Waals surface area (Å²) >= 11 is 0. The maximum absolute atomic E-state index is 11.7. The van der Waals surface area contributed by atoms with Crippen molar-refractivity contribution in [2.24, 2.45) is 0 Å². The summed E-state index contributed by atoms with van der Waals surface area (Å²) in [6, 6.07) is -0.258. The molecule has 1 unspecified atom stereocenters. The normalized spacial score (nSPS) is 20.1. The maximum atomic E-state index is 11.7. The van der Waals surface area contributed by atoms with E-state index in [2.05, 4.69) is 9.97 Å². The van der Waals surface area contributed by atoms with Gasteiger partial charge in [-0.05, 0) is 19.3 Å². The molecule has 1 saturated heterocycles. The van der Waals surface area contributed by atoms with Crippen molar-refractivity contribution in [1.29, 1.82) is 0 Å². The van der Waals surface area contributed by atoms with Crippen molar-refractivity contribution >= 4 is 17.6 Å². The highest BCUT2D eigenvalue weighted by Gasteiger charge is 2.30. The van der Waals surface area contributed by atoms with Gasteiger partial charge in [-0.25, -0.2) is 14.8 Å². The number of piperidine rings is 1. The van der Waals surface area contributed by atoms with Crippen molar-refractivity contribution in [2.45, 2.75) is 25.3 Å². The summed E-state index contributed by atoms with van der Waals surface area (Å²) in [6.45, 7) is 0.790. The minimum Gasteiger partial charge on any atom is -0.467 e. The number of hydrogen-bond acceptors (Lipinski definition) is 6. The third-order valence-corrected chi connectivity index (χ3v) is 2.93. The highest BCUT2D eigenvalue weighted by molar-refractivity contribution is 5.79. The van der Waals surface area contributed by atoms with Crippen LogP contribution in [0.1, 0.15) is 19.3 Å². The topological polar surface area (TPSA) is 81.3 Å². The molecule has 0 saturated carbocycles. The molecule has 92 valence electrons. The van der Waals surface area contributed by atoms with E-state index < -0.39 is 0 Å². The fourth-order valence-corrected chi connectivity index (χ4v) is 2.07. The van der Waals surface area contributed by atoms with Gasteiger partial charge in [0.1, 0.15) is 17.7 Å². The number of hydrogen-bond donors (Lipinski definition) is 1. The molecule has 0 aliphatic carbocycles. The maximum Gasteiger partial charge on any atom is 0.328 e. The lowest BCUT2D eigenvalue weighted by atomic mass is 10.0. The number of nitrogen functional groups attached to an aromatic ring is 1. The summed E-state index contributed by atoms with van der Waals surface area (Å²) < 4.78 is 4.81. The number of carbonyl (C=O) groups excluding carboxylic acids is 1. The molecule has 0 spiro atoms. The quantitative estimate of drug-likeness (QED) is 0.757. The summed E-state index contributed by atoms with van der Waals surface area (Å²) in [6.07, 6.45) is 5.95. The Morgan fingerprint density at radius 2 is 2.29 bits per heavy atom. The molecule has 2 heterocycles. The van der Waals surface area contributed by atoms with Gasteiger partial charge in [-0.15, -0.1) is 0 Å². The molecule has 1 aromatic heterocycles. The fraction of sp³-hybridized carbons (Fsp3) is 0.545. The van der Waals surface area contributed by atoms with Crippen LogP contribution in [0.25, 0.3) is 0 Å². The molecule has 1 atom stereocenters. The zero-order valence-electron chi connectivity index (χ0n) is 9.80. The van der Waals surface area contributed by atoms with E-state index in [0.717, 1.165) is 25.8 Å². The minimum atomic E-state index is -0.258. The smallest absolute Gasteiger partial charge is 0.328 e. The van der Waals surface area contributed by atoms with Crippen LogP contribution in [0.15, 0.2) is 12.4 Å². The first kappa shape index (κ1) is 11.6. The molecule has 1 fully saturated rings. The van der Waals surface area contributed by atoms with Crippen molar-refractivity contribution in [3.8, 4) is 0 Å². The molecule has 1 aromatic rings. The number of carbonyl (C=O) groups is 1. The van der Waals surface area contributed by atoms with Gasteiger partial charge in [0.05, 0.1) is 19.5 Å². The molecule has 6 nitrogen and oxygen atoms in total. The molecule has 1 aliphatic heterocycles. The standard InChI is InChI=1S/C11H16N4O2/c1-17-11(16)8-4-2-3-5-15(8)10-7-13-9(12)6-14-10/h6-8H,2-5H2,1H3,(H2,12,13). The number of anilines is 2. The lowest BCUT2D eigenvalue weighted by Crippen LogP contribution is -2.45. The lowest BCUT2D eigenvalue weighted by molar-refractivity contribution is -0.142. The van der Waals surface area contributed by atoms with Crippen LogP contribution in [0.2, 0.25) is 0 Å². The average molecular weight is 236 g/mol. The Morgan fingerprint density at radius 1 is 1.47 bits per heavy atom. The van der Waals surface area contributed by atoms with Crippen LogP contribution < -0.4 is 10.6 Å². The van der Waals surface area contributed by atoms with Crippen LogP contribution in [0.4, 0.5) is 11.6 Å². The molecule has 17 heavy (non-hydrogen) atoms. The molecule has 0 bridgehead atoms. The van der Waals surface area contributed by atoms with E-state index in [1.807, 2.05) is 4.90 Å². The van der Waals surface area contributed by atoms with Gasteiger partial charge in [-0.3, -0.25) is 0 Å². The van der Waals surface area contributed by atoms with Gasteiger partial charge >= 0.3 is 5.97 Å². The van der Waals surface area contributed by atoms with Crippen molar-refractivity contribution in [1.82, 2.24) is 9.97 Å². The molecule has 2 rings (SSSR count). The van der Waals surface area contributed by atoms with E-state index in [0.29, 0.717) is 11.6 Å². The third-order valence-electron chi connectivity index (χ3n) is 2.93. The Morgan fingerprint density at radius 3 is 2.94 bits per heavy atom. The van der Waals surface area contributed by atoms with Crippen LogP contribution >= 0.6 is 0 Å². The lowest BCUT2D eigenvalue weighted by Gasteiger charge is -2.34. The zero-order valence-corrected chi connectivity index (χ0v) is 9.80. The molecular formula is C11H16N4O2. The number of esters is 1. The van der Waals surface area contributed by atoms with Gasteiger partial charge in [-0.1, -0.05) is 0 Å². The average Bonchev–Trinajstić information content (AvgIpc) is 2.39. The van der Waals surface area contributed by atoms with Gasteiger partial charge in [0.15, 0.2) is 0 Å². The molecule has 1 aliphatic rings. The number of rotatable bonds is 2. The second kappa shape index (κ2) is 4.99. The van der Waals surface area contributed by atoms with Crippen molar-refractivity contribution in [2.75, 3.05) is 24.3 Å². The van der Waals surface area contributed by atoms with Gasteiger partial charge in [-0.2, -0.15) is 0 Å². The predicted octanol–water partition coefficient (Wildman–Crippen LogP) is 0.591. The second-order valence-electron chi connectivity index (χ2n) is 4.03. The van der Waals surface area contributed by atoms with E-state index in [9.17, 15) is 4.79 Å². The number of nitrogens with zero attached hydrogens (tertiary/aromatic N) is 3. The van der Waals surface area contributed by atoms with E-state index in [-0.39, 0.29) is 12.0 Å². The Balaban J connectivity index is 2.21. The fourth-order valence-electron chi connectivity index (χ4n) is 2.07. The monoisotopic (exact) mass is 236 g/mol. The highest BCUT2D eigenvalue weighted by atomic mass is 16.5. The third kappa shape index (κ3) is 2.46. The number of aromatic nitrogens is 2. The van der Waals surface area contributed by atoms with E-state index in [4.69, 9.17) is 10.5 Å². The first-order valence-corrected chi connectivity index (χ1v) is 5.64. The van der Waals surface area contributed by atoms with Gasteiger partial charge in [0, 0.05) is 6.54 Å². The summed E-state index contributed by atoms with van der Waals surface area (Å²) in [7, 11) is 1.41. The van der Waals surface area contributed by atoms with Gasteiger partial charge < -0.3 is 15.4 Å². The Labute approximate surface area is 99.8 Å². The highest BCUT2D eigenvalue weighted by Crippen LogP contribution is 2.23. The predicted molar refractivity (Wildman–Crippen MR) is 63.4 cm³/mol. The second-order valence-corrected chi connectivity index (χ2v) is 4.03. The molecular weight excluding hydrogens is 220 g/mol. The molecule has 2 N–H and O–H groups in total. The van der Waals surface area contributed by atoms with Crippen molar-refractivity contribution in [3.05, 3.63) is 12.4 Å². The Kier molecular flexibility index (Phi) is 3.41. The van der Waals surface area contributed by atoms with E-state index in [1.54, 1.807) is 6.20 Å². The van der Waals surface area contributed by atoms with Crippen LogP contribution in [0.5, 0.6) is 0 Å². The summed E-state index contributed by atoms with van der Waals surface area (Å²) in [5, 5.41) is 0. The van der Waals surface area contributed by atoms with E-state index >= 15 is 0 Å². The van der Waals surface area contributed by atoms with Crippen LogP contribution in [-0.2, 0) is 9.53 Å². The van der Waals surface area contributed by atoms with Gasteiger partial charge in [0.25, 0.3) is 0 Å².